The van der Waals surface area contributed by atoms with Crippen molar-refractivity contribution in [3.63, 3.8) is 0 Å². The molecule has 0 bridgehead atoms. The highest BCUT2D eigenvalue weighted by Gasteiger charge is 2.29. The van der Waals surface area contributed by atoms with E-state index in [4.69, 9.17) is 4.98 Å². The van der Waals surface area contributed by atoms with Gasteiger partial charge in [0.05, 0.1) is 11.7 Å². The van der Waals surface area contributed by atoms with Crippen LogP contribution in [0.25, 0.3) is 22.3 Å². The van der Waals surface area contributed by atoms with E-state index < -0.39 is 0 Å². The van der Waals surface area contributed by atoms with Gasteiger partial charge < -0.3 is 10.6 Å². The highest BCUT2D eigenvalue weighted by molar-refractivity contribution is 5.94. The third-order valence-corrected chi connectivity index (χ3v) is 5.40. The van der Waals surface area contributed by atoms with E-state index in [-0.39, 0.29) is 5.91 Å². The van der Waals surface area contributed by atoms with E-state index in [2.05, 4.69) is 32.0 Å². The summed E-state index contributed by atoms with van der Waals surface area (Å²) in [7, 11) is 1.87. The molecule has 1 amide bonds. The van der Waals surface area contributed by atoms with E-state index in [1.54, 1.807) is 16.8 Å². The summed E-state index contributed by atoms with van der Waals surface area (Å²) >= 11 is 0. The highest BCUT2D eigenvalue weighted by Crippen LogP contribution is 2.47. The lowest BCUT2D eigenvalue weighted by molar-refractivity contribution is 0.0956. The molecule has 5 rings (SSSR count). The Balaban J connectivity index is 1.43. The number of aromatic amines is 1. The minimum Gasteiger partial charge on any atom is -0.352 e. The van der Waals surface area contributed by atoms with E-state index in [1.165, 1.54) is 18.4 Å². The number of aromatic nitrogens is 5. The Morgan fingerprint density at radius 2 is 2.00 bits per heavy atom. The summed E-state index contributed by atoms with van der Waals surface area (Å²) in [6, 6.07) is 11.4. The van der Waals surface area contributed by atoms with Crippen LogP contribution in [0.3, 0.4) is 0 Å². The maximum Gasteiger partial charge on any atom is 0.251 e. The smallest absolute Gasteiger partial charge is 0.251 e. The predicted octanol–water partition coefficient (Wildman–Crippen LogP) is 3.73. The van der Waals surface area contributed by atoms with Gasteiger partial charge in [-0.1, -0.05) is 12.1 Å². The predicted molar refractivity (Wildman–Crippen MR) is 116 cm³/mol. The van der Waals surface area contributed by atoms with Crippen LogP contribution in [0.4, 0.5) is 11.6 Å². The molecule has 0 saturated heterocycles. The average Bonchev–Trinajstić information content (AvgIpc) is 3.36. The van der Waals surface area contributed by atoms with Crippen LogP contribution in [0.15, 0.2) is 42.6 Å². The number of rotatable bonds is 6. The fourth-order valence-corrected chi connectivity index (χ4v) is 3.73. The summed E-state index contributed by atoms with van der Waals surface area (Å²) in [5, 5.41) is 19.2. The molecule has 8 heteroatoms. The topological polar surface area (TPSA) is 101 Å². The summed E-state index contributed by atoms with van der Waals surface area (Å²) in [5.41, 5.74) is 4.86. The summed E-state index contributed by atoms with van der Waals surface area (Å²) in [5.74, 6) is 1.76. The number of carbonyl (C=O) groups is 1. The largest absolute Gasteiger partial charge is 0.352 e. The second-order valence-corrected chi connectivity index (χ2v) is 7.58. The first-order valence-corrected chi connectivity index (χ1v) is 10.2. The Morgan fingerprint density at radius 1 is 1.20 bits per heavy atom. The van der Waals surface area contributed by atoms with Crippen molar-refractivity contribution in [2.75, 3.05) is 11.9 Å². The fourth-order valence-electron chi connectivity index (χ4n) is 3.73. The lowest BCUT2D eigenvalue weighted by Gasteiger charge is -2.11. The molecular weight excluding hydrogens is 378 g/mol. The number of hydrogen-bond acceptors (Lipinski definition) is 5. The summed E-state index contributed by atoms with van der Waals surface area (Å²) in [6.45, 7) is 2.50. The molecule has 4 aromatic rings. The molecule has 1 saturated carbocycles. The van der Waals surface area contributed by atoms with E-state index >= 15 is 0 Å². The van der Waals surface area contributed by atoms with Gasteiger partial charge in [-0.25, -0.2) is 4.68 Å². The number of H-pyrrole nitrogens is 1. The zero-order chi connectivity index (χ0) is 20.7. The van der Waals surface area contributed by atoms with Crippen molar-refractivity contribution >= 4 is 28.4 Å². The van der Waals surface area contributed by atoms with Crippen molar-refractivity contribution < 1.29 is 4.79 Å². The van der Waals surface area contributed by atoms with Crippen LogP contribution < -0.4 is 10.6 Å². The molecule has 30 heavy (non-hydrogen) atoms. The van der Waals surface area contributed by atoms with Crippen molar-refractivity contribution in [2.45, 2.75) is 25.7 Å². The molecule has 1 aliphatic carbocycles. The molecule has 1 aliphatic rings. The van der Waals surface area contributed by atoms with Crippen molar-refractivity contribution in [1.29, 1.82) is 0 Å². The third kappa shape index (κ3) is 3.30. The van der Waals surface area contributed by atoms with Crippen LogP contribution in [0, 0.1) is 0 Å². The Hall–Kier alpha value is -3.68. The number of hydrogen-bond donors (Lipinski definition) is 3. The monoisotopic (exact) mass is 401 g/mol. The van der Waals surface area contributed by atoms with E-state index in [0.717, 1.165) is 22.2 Å². The van der Waals surface area contributed by atoms with Gasteiger partial charge in [0.15, 0.2) is 5.82 Å². The summed E-state index contributed by atoms with van der Waals surface area (Å²) in [6.07, 6.45) is 4.29. The van der Waals surface area contributed by atoms with Gasteiger partial charge >= 0.3 is 0 Å². The molecule has 0 atom stereocenters. The number of carbonyl (C=O) groups excluding carboxylic acids is 1. The second-order valence-electron chi connectivity index (χ2n) is 7.58. The van der Waals surface area contributed by atoms with Gasteiger partial charge in [0.2, 0.25) is 5.95 Å². The SMILES string of the molecule is CCNC(=O)c1ccc(-c2nc(Nc3ccc4[nH]ncc4c3C3CC3)n(C)n2)cc1. The molecule has 1 fully saturated rings. The first-order chi connectivity index (χ1) is 14.6. The van der Waals surface area contributed by atoms with Crippen LogP contribution >= 0.6 is 0 Å². The normalized spacial score (nSPS) is 13.5. The molecular formula is C22H23N7O. The van der Waals surface area contributed by atoms with Gasteiger partial charge in [0, 0.05) is 35.8 Å². The van der Waals surface area contributed by atoms with Gasteiger partial charge in [-0.15, -0.1) is 5.10 Å². The molecule has 8 nitrogen and oxygen atoms in total. The number of benzene rings is 2. The van der Waals surface area contributed by atoms with E-state index in [9.17, 15) is 4.79 Å². The molecule has 0 aliphatic heterocycles. The van der Waals surface area contributed by atoms with Crippen molar-refractivity contribution in [3.05, 3.63) is 53.7 Å². The van der Waals surface area contributed by atoms with Gasteiger partial charge in [0.25, 0.3) is 5.91 Å². The van der Waals surface area contributed by atoms with Gasteiger partial charge in [-0.05, 0) is 55.5 Å². The quantitative estimate of drug-likeness (QED) is 0.457. The number of nitrogens with one attached hydrogen (secondary N) is 3. The lowest BCUT2D eigenvalue weighted by Crippen LogP contribution is -2.22. The number of amides is 1. The fraction of sp³-hybridized carbons (Fsp3) is 0.273. The summed E-state index contributed by atoms with van der Waals surface area (Å²) in [4.78, 5) is 16.6. The molecule has 152 valence electrons. The molecule has 0 unspecified atom stereocenters. The van der Waals surface area contributed by atoms with E-state index in [1.807, 2.05) is 38.4 Å². The third-order valence-electron chi connectivity index (χ3n) is 5.40. The van der Waals surface area contributed by atoms with E-state index in [0.29, 0.717) is 29.8 Å². The molecule has 2 aromatic heterocycles. The van der Waals surface area contributed by atoms with Gasteiger partial charge in [-0.3, -0.25) is 9.89 Å². The zero-order valence-corrected chi connectivity index (χ0v) is 16.9. The number of anilines is 2. The number of fused-ring (bicyclic) bond motifs is 1. The molecule has 0 radical (unpaired) electrons. The summed E-state index contributed by atoms with van der Waals surface area (Å²) < 4.78 is 1.74. The van der Waals surface area contributed by atoms with Crippen molar-refractivity contribution in [2.24, 2.45) is 7.05 Å². The van der Waals surface area contributed by atoms with Crippen molar-refractivity contribution in [3.8, 4) is 11.4 Å². The maximum atomic E-state index is 12.0. The zero-order valence-electron chi connectivity index (χ0n) is 16.9. The second kappa shape index (κ2) is 7.29. The maximum absolute atomic E-state index is 12.0. The van der Waals surface area contributed by atoms with Crippen LogP contribution in [0.1, 0.15) is 41.6 Å². The van der Waals surface area contributed by atoms with Crippen LogP contribution in [0.5, 0.6) is 0 Å². The number of aryl methyl sites for hydroxylation is 1. The molecule has 2 heterocycles. The van der Waals surface area contributed by atoms with Crippen LogP contribution in [-0.2, 0) is 7.05 Å². The molecule has 0 spiro atoms. The lowest BCUT2D eigenvalue weighted by atomic mass is 10.0. The Bertz CT molecular complexity index is 1220. The Labute approximate surface area is 173 Å². The van der Waals surface area contributed by atoms with Crippen LogP contribution in [0.2, 0.25) is 0 Å². The average molecular weight is 401 g/mol. The standard InChI is InChI=1S/C22H23N7O/c1-3-23-21(30)15-8-6-14(7-9-15)20-26-22(29(2)28-20)25-18-11-10-17-16(12-24-27-17)19(18)13-4-5-13/h6-13H,3-5H2,1-2H3,(H,23,30)(H,24,27)(H,25,26,28). The molecule has 2 aromatic carbocycles. The minimum absolute atomic E-state index is 0.0809. The van der Waals surface area contributed by atoms with Crippen molar-refractivity contribution in [1.82, 2.24) is 30.3 Å². The highest BCUT2D eigenvalue weighted by atomic mass is 16.1. The van der Waals surface area contributed by atoms with Gasteiger partial charge in [0.1, 0.15) is 0 Å². The van der Waals surface area contributed by atoms with Gasteiger partial charge in [-0.2, -0.15) is 10.1 Å². The minimum atomic E-state index is -0.0809. The van der Waals surface area contributed by atoms with Crippen LogP contribution in [-0.4, -0.2) is 37.4 Å². The first-order valence-electron chi connectivity index (χ1n) is 10.2. The Kier molecular flexibility index (Phi) is 4.46. The first kappa shape index (κ1) is 18.4. The number of nitrogens with zero attached hydrogens (tertiary/aromatic N) is 4. The molecule has 3 N–H and O–H groups in total. The Morgan fingerprint density at radius 3 is 2.73 bits per heavy atom.